The zero-order valence-corrected chi connectivity index (χ0v) is 14.1. The fourth-order valence-corrected chi connectivity index (χ4v) is 4.78. The normalized spacial score (nSPS) is 22.1. The predicted molar refractivity (Wildman–Crippen MR) is 92.4 cm³/mol. The lowest BCUT2D eigenvalue weighted by molar-refractivity contribution is 0.0932. The van der Waals surface area contributed by atoms with Gasteiger partial charge in [0.05, 0.1) is 12.1 Å². The summed E-state index contributed by atoms with van der Waals surface area (Å²) in [5.41, 5.74) is 3.39. The number of carbonyl (C=O) groups is 1. The Labute approximate surface area is 140 Å². The molecule has 23 heavy (non-hydrogen) atoms. The smallest absolute Gasteiger partial charge is 0.252 e. The molecule has 1 N–H and O–H groups in total. The number of para-hydroxylation sites is 1. The fraction of sp³-hybridized carbons (Fsp3) is 0.421. The summed E-state index contributed by atoms with van der Waals surface area (Å²) in [6, 6.07) is 8.10. The predicted octanol–water partition coefficient (Wildman–Crippen LogP) is 3.61. The minimum Gasteiger partial charge on any atom is -0.488 e. The van der Waals surface area contributed by atoms with E-state index < -0.39 is 0 Å². The van der Waals surface area contributed by atoms with E-state index in [9.17, 15) is 4.79 Å². The molecule has 0 bridgehead atoms. The lowest BCUT2D eigenvalue weighted by atomic mass is 9.88. The Hall–Kier alpha value is -1.81. The van der Waals surface area contributed by atoms with Crippen LogP contribution >= 0.6 is 11.3 Å². The van der Waals surface area contributed by atoms with Crippen molar-refractivity contribution in [1.29, 1.82) is 0 Å². The molecule has 1 aromatic heterocycles. The molecular formula is C19H21NO2S. The van der Waals surface area contributed by atoms with E-state index in [1.807, 2.05) is 23.6 Å². The Bertz CT molecular complexity index is 712. The molecule has 2 heterocycles. The van der Waals surface area contributed by atoms with Gasteiger partial charge in [-0.05, 0) is 42.4 Å². The molecule has 2 aromatic rings. The molecule has 1 aliphatic heterocycles. The van der Waals surface area contributed by atoms with E-state index in [4.69, 9.17) is 4.74 Å². The van der Waals surface area contributed by atoms with Gasteiger partial charge in [0.2, 0.25) is 0 Å². The minimum absolute atomic E-state index is 0.0471. The van der Waals surface area contributed by atoms with Crippen molar-refractivity contribution in [2.24, 2.45) is 5.92 Å². The van der Waals surface area contributed by atoms with Gasteiger partial charge in [0.1, 0.15) is 11.9 Å². The van der Waals surface area contributed by atoms with Crippen LogP contribution in [0.25, 0.3) is 0 Å². The standard InChI is InChI=1S/C19H21NO2S/c1-12-6-7-15-16(11-23-18(15)8-12)19(21)20-10-14-9-13-4-2-3-5-17(13)22-14/h2-5,11-12,14H,6-10H2,1H3,(H,20,21). The van der Waals surface area contributed by atoms with Gasteiger partial charge in [0, 0.05) is 16.7 Å². The first-order valence-electron chi connectivity index (χ1n) is 8.32. The van der Waals surface area contributed by atoms with Gasteiger partial charge < -0.3 is 10.1 Å². The first-order chi connectivity index (χ1) is 11.2. The molecule has 1 aromatic carbocycles. The Morgan fingerprint density at radius 3 is 3.09 bits per heavy atom. The summed E-state index contributed by atoms with van der Waals surface area (Å²) in [5.74, 6) is 1.74. The van der Waals surface area contributed by atoms with Gasteiger partial charge in [-0.2, -0.15) is 0 Å². The van der Waals surface area contributed by atoms with Crippen LogP contribution in [-0.2, 0) is 19.3 Å². The third kappa shape index (κ3) is 2.88. The molecule has 4 heteroatoms. The average molecular weight is 327 g/mol. The van der Waals surface area contributed by atoms with Crippen molar-refractivity contribution < 1.29 is 9.53 Å². The number of amides is 1. The molecule has 0 radical (unpaired) electrons. The van der Waals surface area contributed by atoms with Crippen molar-refractivity contribution in [2.75, 3.05) is 6.54 Å². The van der Waals surface area contributed by atoms with Crippen LogP contribution < -0.4 is 10.1 Å². The van der Waals surface area contributed by atoms with Crippen LogP contribution in [0.5, 0.6) is 5.75 Å². The third-order valence-corrected chi connectivity index (χ3v) is 5.90. The number of thiophene rings is 1. The Kier molecular flexibility index (Phi) is 3.85. The van der Waals surface area contributed by atoms with Crippen molar-refractivity contribution in [1.82, 2.24) is 5.32 Å². The van der Waals surface area contributed by atoms with Crippen molar-refractivity contribution in [3.8, 4) is 5.75 Å². The van der Waals surface area contributed by atoms with E-state index in [1.54, 1.807) is 11.3 Å². The number of benzene rings is 1. The van der Waals surface area contributed by atoms with E-state index in [2.05, 4.69) is 18.3 Å². The molecular weight excluding hydrogens is 306 g/mol. The number of nitrogens with one attached hydrogen (secondary N) is 1. The maximum Gasteiger partial charge on any atom is 0.252 e. The van der Waals surface area contributed by atoms with Gasteiger partial charge in [-0.3, -0.25) is 4.79 Å². The van der Waals surface area contributed by atoms with Crippen LogP contribution in [0, 0.1) is 5.92 Å². The molecule has 0 saturated carbocycles. The average Bonchev–Trinajstić information content (AvgIpc) is 3.15. The molecule has 3 nitrogen and oxygen atoms in total. The Morgan fingerprint density at radius 1 is 1.35 bits per heavy atom. The highest BCUT2D eigenvalue weighted by molar-refractivity contribution is 7.10. The van der Waals surface area contributed by atoms with E-state index in [0.717, 1.165) is 36.5 Å². The highest BCUT2D eigenvalue weighted by Crippen LogP contribution is 2.33. The van der Waals surface area contributed by atoms with Gasteiger partial charge in [-0.15, -0.1) is 11.3 Å². The topological polar surface area (TPSA) is 38.3 Å². The van der Waals surface area contributed by atoms with E-state index in [0.29, 0.717) is 6.54 Å². The van der Waals surface area contributed by atoms with Gasteiger partial charge in [0.25, 0.3) is 5.91 Å². The molecule has 0 spiro atoms. The Morgan fingerprint density at radius 2 is 2.22 bits per heavy atom. The fourth-order valence-electron chi connectivity index (χ4n) is 3.54. The quantitative estimate of drug-likeness (QED) is 0.935. The summed E-state index contributed by atoms with van der Waals surface area (Å²) >= 11 is 1.74. The summed E-state index contributed by atoms with van der Waals surface area (Å²) in [5, 5.41) is 5.10. The van der Waals surface area contributed by atoms with Gasteiger partial charge in [0.15, 0.2) is 0 Å². The van der Waals surface area contributed by atoms with E-state index in [-0.39, 0.29) is 12.0 Å². The number of carbonyl (C=O) groups excluding carboxylic acids is 1. The zero-order valence-electron chi connectivity index (χ0n) is 13.3. The largest absolute Gasteiger partial charge is 0.488 e. The second-order valence-electron chi connectivity index (χ2n) is 6.66. The maximum absolute atomic E-state index is 12.5. The molecule has 4 rings (SSSR count). The van der Waals surface area contributed by atoms with Crippen LogP contribution in [0.4, 0.5) is 0 Å². The molecule has 2 aliphatic rings. The first kappa shape index (κ1) is 14.8. The van der Waals surface area contributed by atoms with Gasteiger partial charge in [-0.25, -0.2) is 0 Å². The van der Waals surface area contributed by atoms with E-state index >= 15 is 0 Å². The van der Waals surface area contributed by atoms with Crippen LogP contribution in [0.2, 0.25) is 0 Å². The van der Waals surface area contributed by atoms with Crippen molar-refractivity contribution in [2.45, 2.75) is 38.7 Å². The minimum atomic E-state index is 0.0471. The molecule has 2 atom stereocenters. The highest BCUT2D eigenvalue weighted by atomic mass is 32.1. The lowest BCUT2D eigenvalue weighted by Crippen LogP contribution is -2.34. The van der Waals surface area contributed by atoms with Crippen molar-refractivity contribution >= 4 is 17.2 Å². The first-order valence-corrected chi connectivity index (χ1v) is 9.20. The molecule has 0 fully saturated rings. The lowest BCUT2D eigenvalue weighted by Gasteiger charge is -2.19. The maximum atomic E-state index is 12.5. The second kappa shape index (κ2) is 6.00. The Balaban J connectivity index is 1.38. The summed E-state index contributed by atoms with van der Waals surface area (Å²) in [7, 11) is 0. The SMILES string of the molecule is CC1CCc2c(C(=O)NCC3Cc4ccccc4O3)csc2C1. The molecule has 120 valence electrons. The van der Waals surface area contributed by atoms with Gasteiger partial charge >= 0.3 is 0 Å². The number of rotatable bonds is 3. The summed E-state index contributed by atoms with van der Waals surface area (Å²) < 4.78 is 5.89. The monoisotopic (exact) mass is 327 g/mol. The van der Waals surface area contributed by atoms with Crippen molar-refractivity contribution in [3.63, 3.8) is 0 Å². The zero-order chi connectivity index (χ0) is 15.8. The molecule has 1 aliphatic carbocycles. The number of ether oxygens (including phenoxy) is 1. The van der Waals surface area contributed by atoms with E-state index in [1.165, 1.54) is 22.4 Å². The van der Waals surface area contributed by atoms with Gasteiger partial charge in [-0.1, -0.05) is 25.1 Å². The summed E-state index contributed by atoms with van der Waals surface area (Å²) in [4.78, 5) is 13.9. The van der Waals surface area contributed by atoms with Crippen LogP contribution in [0.3, 0.4) is 0 Å². The highest BCUT2D eigenvalue weighted by Gasteiger charge is 2.25. The molecule has 1 amide bonds. The second-order valence-corrected chi connectivity index (χ2v) is 7.63. The summed E-state index contributed by atoms with van der Waals surface area (Å²) in [6.07, 6.45) is 4.26. The number of hydrogen-bond donors (Lipinski definition) is 1. The van der Waals surface area contributed by atoms with Crippen LogP contribution in [0.1, 0.15) is 39.7 Å². The number of hydrogen-bond acceptors (Lipinski definition) is 3. The van der Waals surface area contributed by atoms with Crippen molar-refractivity contribution in [3.05, 3.63) is 51.2 Å². The summed E-state index contributed by atoms with van der Waals surface area (Å²) in [6.45, 7) is 2.85. The van der Waals surface area contributed by atoms with Crippen LogP contribution in [-0.4, -0.2) is 18.6 Å². The molecule has 0 saturated heterocycles. The molecule has 2 unspecified atom stereocenters. The third-order valence-electron chi connectivity index (χ3n) is 4.85. The number of fused-ring (bicyclic) bond motifs is 2. The van der Waals surface area contributed by atoms with Crippen LogP contribution in [0.15, 0.2) is 29.6 Å².